The van der Waals surface area contributed by atoms with E-state index in [9.17, 15) is 4.79 Å². The van der Waals surface area contributed by atoms with E-state index in [0.29, 0.717) is 24.7 Å². The van der Waals surface area contributed by atoms with Crippen LogP contribution in [0.15, 0.2) is 11.8 Å². The monoisotopic (exact) mass is 330 g/mol. The minimum absolute atomic E-state index is 0.0149. The Morgan fingerprint density at radius 1 is 1.46 bits per heavy atom. The Kier molecular flexibility index (Phi) is 4.85. The Balaban J connectivity index is 1.54. The Labute approximate surface area is 142 Å². The van der Waals surface area contributed by atoms with Gasteiger partial charge in [-0.25, -0.2) is 0 Å². The van der Waals surface area contributed by atoms with E-state index in [0.717, 1.165) is 12.8 Å². The normalized spacial score (nSPS) is 32.8. The van der Waals surface area contributed by atoms with Crippen molar-refractivity contribution in [3.8, 4) is 23.9 Å². The lowest BCUT2D eigenvalue weighted by Crippen LogP contribution is -2.44. The molecule has 0 aromatic carbocycles. The molecule has 0 aromatic heterocycles. The molecule has 0 N–H and O–H groups in total. The van der Waals surface area contributed by atoms with Gasteiger partial charge in [-0.15, -0.1) is 0 Å². The lowest BCUT2D eigenvalue weighted by atomic mass is 9.91. The summed E-state index contributed by atoms with van der Waals surface area (Å²) in [5.41, 5.74) is -0.473. The molecule has 0 aromatic rings. The lowest BCUT2D eigenvalue weighted by molar-refractivity contribution is -0.166. The van der Waals surface area contributed by atoms with Crippen LogP contribution in [-0.2, 0) is 23.7 Å². The van der Waals surface area contributed by atoms with Crippen molar-refractivity contribution in [1.82, 2.24) is 0 Å². The first-order valence-corrected chi connectivity index (χ1v) is 8.34. The van der Waals surface area contributed by atoms with E-state index in [4.69, 9.17) is 18.9 Å². The van der Waals surface area contributed by atoms with Crippen LogP contribution >= 0.6 is 0 Å². The van der Waals surface area contributed by atoms with Gasteiger partial charge in [-0.2, -0.15) is 0 Å². The van der Waals surface area contributed by atoms with Crippen molar-refractivity contribution in [2.45, 2.75) is 63.9 Å². The first kappa shape index (κ1) is 16.9. The minimum Gasteiger partial charge on any atom is -0.460 e. The van der Waals surface area contributed by atoms with Crippen LogP contribution in [0.5, 0.6) is 0 Å². The first-order chi connectivity index (χ1) is 11.5. The summed E-state index contributed by atoms with van der Waals surface area (Å²) in [6.07, 6.45) is 6.19. The summed E-state index contributed by atoms with van der Waals surface area (Å²) in [6.45, 7) is 6.10. The summed E-state index contributed by atoms with van der Waals surface area (Å²) in [7, 11) is 0. The largest absolute Gasteiger partial charge is 0.460 e. The van der Waals surface area contributed by atoms with Gasteiger partial charge in [0.15, 0.2) is 0 Å². The van der Waals surface area contributed by atoms with Gasteiger partial charge >= 0.3 is 5.97 Å². The summed E-state index contributed by atoms with van der Waals surface area (Å²) in [4.78, 5) is 11.8. The summed E-state index contributed by atoms with van der Waals surface area (Å²) >= 11 is 0. The second kappa shape index (κ2) is 6.89. The quantitative estimate of drug-likeness (QED) is 0.449. The zero-order valence-electron chi connectivity index (χ0n) is 14.3. The average molecular weight is 330 g/mol. The Hall–Kier alpha value is -1.95. The fourth-order valence-corrected chi connectivity index (χ4v) is 3.15. The third kappa shape index (κ3) is 3.59. The van der Waals surface area contributed by atoms with E-state index in [2.05, 4.69) is 23.9 Å². The van der Waals surface area contributed by atoms with Gasteiger partial charge in [-0.1, -0.05) is 19.8 Å². The third-order valence-electron chi connectivity index (χ3n) is 4.32. The summed E-state index contributed by atoms with van der Waals surface area (Å²) in [5.74, 6) is 8.75. The third-order valence-corrected chi connectivity index (χ3v) is 4.32. The molecule has 4 atom stereocenters. The molecule has 3 aliphatic rings. The van der Waals surface area contributed by atoms with Gasteiger partial charge in [-0.3, -0.25) is 4.79 Å². The highest BCUT2D eigenvalue weighted by Gasteiger charge is 2.63. The maximum Gasteiger partial charge on any atom is 0.306 e. The van der Waals surface area contributed by atoms with E-state index < -0.39 is 5.60 Å². The Bertz CT molecular complexity index is 647. The molecule has 5 heteroatoms. The predicted molar refractivity (Wildman–Crippen MR) is 86.3 cm³/mol. The molecular formula is C19H22O5. The number of hydrogen-bond donors (Lipinski definition) is 0. The Morgan fingerprint density at radius 3 is 2.96 bits per heavy atom. The van der Waals surface area contributed by atoms with E-state index in [1.54, 1.807) is 6.92 Å². The standard InChI is InChI=1S/C19H22O5/c1-4-5-6-9-21-15-11-19(18-17(15)24-18)8-7-14(12-22-19)23-16(20)10-13(2)3/h11,13-14,17-18H,7-8,10,12H2,1-3H3/t14-,17-,18-,19-/m1/s1. The molecule has 2 saturated heterocycles. The Morgan fingerprint density at radius 2 is 2.29 bits per heavy atom. The van der Waals surface area contributed by atoms with E-state index in [1.165, 1.54) is 0 Å². The number of hydrogen-bond acceptors (Lipinski definition) is 5. The molecule has 3 rings (SSSR count). The molecule has 1 spiro atoms. The molecule has 5 nitrogen and oxygen atoms in total. The highest BCUT2D eigenvalue weighted by Crippen LogP contribution is 2.51. The average Bonchev–Trinajstić information content (AvgIpc) is 3.28. The molecule has 0 amide bonds. The number of fused-ring (bicyclic) bond motifs is 2. The lowest BCUT2D eigenvalue weighted by Gasteiger charge is -2.35. The molecule has 2 aliphatic heterocycles. The molecule has 0 saturated carbocycles. The van der Waals surface area contributed by atoms with Gasteiger partial charge in [0.25, 0.3) is 0 Å². The van der Waals surface area contributed by atoms with Gasteiger partial charge < -0.3 is 18.9 Å². The zero-order chi connectivity index (χ0) is 17.2. The molecule has 0 bridgehead atoms. The van der Waals surface area contributed by atoms with Crippen LogP contribution in [0, 0.1) is 29.8 Å². The van der Waals surface area contributed by atoms with Gasteiger partial charge in [0.1, 0.15) is 35.8 Å². The number of carbonyl (C=O) groups is 1. The zero-order valence-corrected chi connectivity index (χ0v) is 14.3. The van der Waals surface area contributed by atoms with Crippen molar-refractivity contribution in [2.24, 2.45) is 5.92 Å². The smallest absolute Gasteiger partial charge is 0.306 e. The van der Waals surface area contributed by atoms with Crippen molar-refractivity contribution in [1.29, 1.82) is 0 Å². The minimum atomic E-state index is -0.473. The van der Waals surface area contributed by atoms with Crippen LogP contribution in [0.1, 0.15) is 40.0 Å². The number of ether oxygens (including phenoxy) is 4. The van der Waals surface area contributed by atoms with Crippen molar-refractivity contribution in [2.75, 3.05) is 6.61 Å². The molecule has 128 valence electrons. The molecule has 2 fully saturated rings. The van der Waals surface area contributed by atoms with E-state index in [-0.39, 0.29) is 24.3 Å². The number of epoxide rings is 1. The van der Waals surface area contributed by atoms with Crippen molar-refractivity contribution in [3.05, 3.63) is 11.8 Å². The summed E-state index contributed by atoms with van der Waals surface area (Å²) in [6, 6.07) is 0. The van der Waals surface area contributed by atoms with E-state index >= 15 is 0 Å². The van der Waals surface area contributed by atoms with Crippen molar-refractivity contribution in [3.63, 3.8) is 0 Å². The van der Waals surface area contributed by atoms with Crippen LogP contribution in [-0.4, -0.2) is 36.5 Å². The molecule has 2 heterocycles. The molecule has 24 heavy (non-hydrogen) atoms. The maximum absolute atomic E-state index is 11.8. The fourth-order valence-electron chi connectivity index (χ4n) is 3.15. The van der Waals surface area contributed by atoms with Gasteiger partial charge in [0, 0.05) is 12.3 Å². The van der Waals surface area contributed by atoms with E-state index in [1.807, 2.05) is 19.9 Å². The summed E-state index contributed by atoms with van der Waals surface area (Å²) in [5, 5.41) is 0. The van der Waals surface area contributed by atoms with Gasteiger partial charge in [-0.05, 0) is 37.7 Å². The molecule has 1 aliphatic carbocycles. The number of rotatable bonds is 4. The van der Waals surface area contributed by atoms with Crippen LogP contribution in [0.4, 0.5) is 0 Å². The van der Waals surface area contributed by atoms with Crippen molar-refractivity contribution >= 4 is 5.97 Å². The van der Waals surface area contributed by atoms with Gasteiger partial charge in [0.05, 0.1) is 6.61 Å². The number of carbonyl (C=O) groups excluding carboxylic acids is 1. The van der Waals surface area contributed by atoms with Gasteiger partial charge in [0.2, 0.25) is 0 Å². The second-order valence-electron chi connectivity index (χ2n) is 6.74. The predicted octanol–water partition coefficient (Wildman–Crippen LogP) is 2.16. The van der Waals surface area contributed by atoms with Crippen LogP contribution < -0.4 is 0 Å². The second-order valence-corrected chi connectivity index (χ2v) is 6.74. The number of esters is 1. The van der Waals surface area contributed by atoms with Crippen molar-refractivity contribution < 1.29 is 23.7 Å². The highest BCUT2D eigenvalue weighted by molar-refractivity contribution is 5.69. The highest BCUT2D eigenvalue weighted by atomic mass is 16.7. The first-order valence-electron chi connectivity index (χ1n) is 8.34. The SMILES string of the molecule is CC#CC#COC1=C[C@]2(CC[C@@H](OC(=O)CC(C)C)CO2)[C@@H]2O[C@H]12. The summed E-state index contributed by atoms with van der Waals surface area (Å²) < 4.78 is 22.6. The molecule has 0 radical (unpaired) electrons. The van der Waals surface area contributed by atoms with Crippen LogP contribution in [0.25, 0.3) is 0 Å². The van der Waals surface area contributed by atoms with Crippen LogP contribution in [0.3, 0.4) is 0 Å². The molecule has 0 unspecified atom stereocenters. The fraction of sp³-hybridized carbons (Fsp3) is 0.632. The van der Waals surface area contributed by atoms with Crippen LogP contribution in [0.2, 0.25) is 0 Å². The maximum atomic E-state index is 11.8. The topological polar surface area (TPSA) is 57.3 Å². The molecular weight excluding hydrogens is 308 g/mol.